The number of amides is 2. The van der Waals surface area contributed by atoms with Gasteiger partial charge >= 0.3 is 6.09 Å². The average Bonchev–Trinajstić information content (AvgIpc) is 2.70. The van der Waals surface area contributed by atoms with Crippen LogP contribution in [0.15, 0.2) is 47.5 Å². The van der Waals surface area contributed by atoms with Gasteiger partial charge in [0, 0.05) is 37.8 Å². The molecule has 1 fully saturated rings. The molecule has 1 saturated heterocycles. The third-order valence-corrected chi connectivity index (χ3v) is 4.41. The fourth-order valence-electron chi connectivity index (χ4n) is 2.91. The van der Waals surface area contributed by atoms with Crippen LogP contribution in [-0.2, 0) is 16.1 Å². The maximum Gasteiger partial charge on any atom is 0.409 e. The van der Waals surface area contributed by atoms with E-state index in [0.717, 1.165) is 5.56 Å². The molecule has 1 aromatic carbocycles. The number of piperazine rings is 1. The van der Waals surface area contributed by atoms with Crippen molar-refractivity contribution < 1.29 is 14.3 Å². The molecule has 0 radical (unpaired) electrons. The molecule has 0 aliphatic carbocycles. The number of carbonyl (C=O) groups excluding carboxylic acids is 2. The maximum atomic E-state index is 12.5. The molecular formula is C19H22N4O4. The Hall–Kier alpha value is -3.16. The summed E-state index contributed by atoms with van der Waals surface area (Å²) >= 11 is 0. The minimum Gasteiger partial charge on any atom is -0.450 e. The zero-order valence-electron chi connectivity index (χ0n) is 15.2. The fourth-order valence-corrected chi connectivity index (χ4v) is 2.91. The summed E-state index contributed by atoms with van der Waals surface area (Å²) in [4.78, 5) is 44.0. The van der Waals surface area contributed by atoms with Gasteiger partial charge in [0.15, 0.2) is 0 Å². The highest BCUT2D eigenvalue weighted by molar-refractivity contribution is 5.76. The van der Waals surface area contributed by atoms with E-state index >= 15 is 0 Å². The predicted octanol–water partition coefficient (Wildman–Crippen LogP) is 1.21. The van der Waals surface area contributed by atoms with Crippen LogP contribution in [0.2, 0.25) is 0 Å². The SMILES string of the molecule is CCOC(=O)N1CCN(C(=O)Cn2cnc(-c3ccccc3)cc2=O)CC1. The summed E-state index contributed by atoms with van der Waals surface area (Å²) in [6.45, 7) is 3.69. The first-order chi connectivity index (χ1) is 13.1. The molecule has 8 heteroatoms. The summed E-state index contributed by atoms with van der Waals surface area (Å²) in [7, 11) is 0. The van der Waals surface area contributed by atoms with Crippen LogP contribution in [0, 0.1) is 0 Å². The molecule has 1 aliphatic heterocycles. The van der Waals surface area contributed by atoms with Gasteiger partial charge in [-0.2, -0.15) is 0 Å². The second-order valence-corrected chi connectivity index (χ2v) is 6.17. The Labute approximate surface area is 157 Å². The van der Waals surface area contributed by atoms with Crippen LogP contribution in [0.1, 0.15) is 6.92 Å². The molecule has 1 aromatic heterocycles. The molecule has 1 aliphatic rings. The zero-order valence-corrected chi connectivity index (χ0v) is 15.2. The van der Waals surface area contributed by atoms with Crippen LogP contribution in [-0.4, -0.2) is 64.1 Å². The number of benzene rings is 1. The number of ether oxygens (including phenoxy) is 1. The Morgan fingerprint density at radius 2 is 1.74 bits per heavy atom. The molecular weight excluding hydrogens is 348 g/mol. The van der Waals surface area contributed by atoms with Crippen molar-refractivity contribution in [3.63, 3.8) is 0 Å². The van der Waals surface area contributed by atoms with Crippen molar-refractivity contribution in [2.24, 2.45) is 0 Å². The highest BCUT2D eigenvalue weighted by Gasteiger charge is 2.25. The van der Waals surface area contributed by atoms with Crippen molar-refractivity contribution in [2.75, 3.05) is 32.8 Å². The summed E-state index contributed by atoms with van der Waals surface area (Å²) in [5.41, 5.74) is 1.15. The van der Waals surface area contributed by atoms with Crippen LogP contribution < -0.4 is 5.56 Å². The summed E-state index contributed by atoms with van der Waals surface area (Å²) in [5, 5.41) is 0. The number of aromatic nitrogens is 2. The number of rotatable bonds is 4. The minimum absolute atomic E-state index is 0.0691. The second kappa shape index (κ2) is 8.48. The Kier molecular flexibility index (Phi) is 5.85. The van der Waals surface area contributed by atoms with E-state index in [1.165, 1.54) is 17.0 Å². The van der Waals surface area contributed by atoms with Gasteiger partial charge in [0.25, 0.3) is 5.56 Å². The summed E-state index contributed by atoms with van der Waals surface area (Å²) < 4.78 is 6.26. The van der Waals surface area contributed by atoms with Gasteiger partial charge in [-0.25, -0.2) is 9.78 Å². The Bertz CT molecular complexity index is 858. The fraction of sp³-hybridized carbons (Fsp3) is 0.368. The first-order valence-electron chi connectivity index (χ1n) is 8.90. The molecule has 0 spiro atoms. The summed E-state index contributed by atoms with van der Waals surface area (Å²) in [5.74, 6) is -0.171. The first kappa shape index (κ1) is 18.6. The van der Waals surface area contributed by atoms with Crippen molar-refractivity contribution in [3.05, 3.63) is 53.1 Å². The second-order valence-electron chi connectivity index (χ2n) is 6.17. The monoisotopic (exact) mass is 370 g/mol. The number of nitrogens with zero attached hydrogens (tertiary/aromatic N) is 4. The van der Waals surface area contributed by atoms with E-state index in [-0.39, 0.29) is 24.1 Å². The Morgan fingerprint density at radius 1 is 1.07 bits per heavy atom. The molecule has 8 nitrogen and oxygen atoms in total. The molecule has 27 heavy (non-hydrogen) atoms. The van der Waals surface area contributed by atoms with Gasteiger partial charge in [0.05, 0.1) is 18.6 Å². The molecule has 0 N–H and O–H groups in total. The molecule has 0 saturated carbocycles. The topological polar surface area (TPSA) is 84.7 Å². The summed E-state index contributed by atoms with van der Waals surface area (Å²) in [6.07, 6.45) is 1.04. The van der Waals surface area contributed by atoms with Gasteiger partial charge < -0.3 is 14.5 Å². The smallest absolute Gasteiger partial charge is 0.409 e. The number of hydrogen-bond donors (Lipinski definition) is 0. The average molecular weight is 370 g/mol. The standard InChI is InChI=1S/C19H22N4O4/c1-2-27-19(26)22-10-8-21(9-11-22)18(25)13-23-14-20-16(12-17(23)24)15-6-4-3-5-7-15/h3-7,12,14H,2,8-11,13H2,1H3. The van der Waals surface area contributed by atoms with E-state index in [4.69, 9.17) is 4.74 Å². The molecule has 2 amide bonds. The largest absolute Gasteiger partial charge is 0.450 e. The summed E-state index contributed by atoms with van der Waals surface area (Å²) in [6, 6.07) is 10.8. The molecule has 0 bridgehead atoms. The van der Waals surface area contributed by atoms with Crippen molar-refractivity contribution >= 4 is 12.0 Å². The maximum absolute atomic E-state index is 12.5. The van der Waals surface area contributed by atoms with Gasteiger partial charge in [-0.1, -0.05) is 30.3 Å². The van der Waals surface area contributed by atoms with Gasteiger partial charge in [-0.15, -0.1) is 0 Å². The predicted molar refractivity (Wildman–Crippen MR) is 99.1 cm³/mol. The molecule has 0 unspecified atom stereocenters. The van der Waals surface area contributed by atoms with Crippen LogP contribution >= 0.6 is 0 Å². The van der Waals surface area contributed by atoms with Gasteiger partial charge in [0.2, 0.25) is 5.91 Å². The van der Waals surface area contributed by atoms with E-state index in [2.05, 4.69) is 4.98 Å². The minimum atomic E-state index is -0.360. The quantitative estimate of drug-likeness (QED) is 0.808. The third kappa shape index (κ3) is 4.52. The lowest BCUT2D eigenvalue weighted by Gasteiger charge is -2.34. The van der Waals surface area contributed by atoms with E-state index in [9.17, 15) is 14.4 Å². The van der Waals surface area contributed by atoms with Gasteiger partial charge in [-0.3, -0.25) is 14.2 Å². The lowest BCUT2D eigenvalue weighted by molar-refractivity contribution is -0.133. The number of hydrogen-bond acceptors (Lipinski definition) is 5. The van der Waals surface area contributed by atoms with Gasteiger partial charge in [-0.05, 0) is 6.92 Å². The lowest BCUT2D eigenvalue weighted by atomic mass is 10.1. The van der Waals surface area contributed by atoms with E-state index in [1.54, 1.807) is 16.7 Å². The molecule has 2 heterocycles. The third-order valence-electron chi connectivity index (χ3n) is 4.41. The van der Waals surface area contributed by atoms with Crippen molar-refractivity contribution in [1.29, 1.82) is 0 Å². The Balaban J connectivity index is 1.60. The van der Waals surface area contributed by atoms with E-state index < -0.39 is 0 Å². The van der Waals surface area contributed by atoms with Crippen LogP contribution in [0.5, 0.6) is 0 Å². The molecule has 142 valence electrons. The highest BCUT2D eigenvalue weighted by atomic mass is 16.6. The first-order valence-corrected chi connectivity index (χ1v) is 8.90. The Morgan fingerprint density at radius 3 is 2.37 bits per heavy atom. The normalized spacial score (nSPS) is 14.1. The zero-order chi connectivity index (χ0) is 19.2. The van der Waals surface area contributed by atoms with Crippen molar-refractivity contribution in [1.82, 2.24) is 19.4 Å². The van der Waals surface area contributed by atoms with E-state index in [1.807, 2.05) is 30.3 Å². The van der Waals surface area contributed by atoms with Crippen LogP contribution in [0.4, 0.5) is 4.79 Å². The molecule has 3 rings (SSSR count). The van der Waals surface area contributed by atoms with Crippen molar-refractivity contribution in [2.45, 2.75) is 13.5 Å². The van der Waals surface area contributed by atoms with Crippen molar-refractivity contribution in [3.8, 4) is 11.3 Å². The lowest BCUT2D eigenvalue weighted by Crippen LogP contribution is -2.51. The molecule has 2 aromatic rings. The van der Waals surface area contributed by atoms with Crippen LogP contribution in [0.3, 0.4) is 0 Å². The van der Waals surface area contributed by atoms with Gasteiger partial charge in [0.1, 0.15) is 6.54 Å². The van der Waals surface area contributed by atoms with Crippen LogP contribution in [0.25, 0.3) is 11.3 Å². The van der Waals surface area contributed by atoms with E-state index in [0.29, 0.717) is 38.5 Å². The molecule has 0 atom stereocenters. The number of carbonyl (C=O) groups is 2. The highest BCUT2D eigenvalue weighted by Crippen LogP contribution is 2.13.